The summed E-state index contributed by atoms with van der Waals surface area (Å²) in [5.41, 5.74) is 14.4. The lowest BCUT2D eigenvalue weighted by molar-refractivity contribution is 0.548. The lowest BCUT2D eigenvalue weighted by Crippen LogP contribution is -1.97. The topological polar surface area (TPSA) is 31.2 Å². The van der Waals surface area contributed by atoms with E-state index >= 15 is 0 Å². The molecule has 3 nitrogen and oxygen atoms in total. The molecule has 0 aliphatic heterocycles. The highest BCUT2D eigenvalue weighted by molar-refractivity contribution is 6.28. The molecule has 0 saturated heterocycles. The summed E-state index contributed by atoms with van der Waals surface area (Å²) in [6, 6.07) is 56.0. The van der Waals surface area contributed by atoms with Crippen molar-refractivity contribution in [1.29, 1.82) is 0 Å². The van der Waals surface area contributed by atoms with Crippen LogP contribution in [0.15, 0.2) is 167 Å². The van der Waals surface area contributed by atoms with E-state index < -0.39 is 0 Å². The molecule has 0 spiro atoms. The Morgan fingerprint density at radius 2 is 1.06 bits per heavy atom. The maximum Gasteiger partial charge on any atom is 0.144 e. The third-order valence-corrected chi connectivity index (χ3v) is 10.7. The number of hydrogen-bond donors (Lipinski definition) is 0. The zero-order valence-electron chi connectivity index (χ0n) is 27.8. The monoisotopic (exact) mass is 653 g/mol. The SMILES string of the molecule is C1=C(c2ccc3c(c2)c2ccccc2n3-c2ccccc2)CCc2oc3c(-c4ccccc4)c(-c4ccccc4)c4oc5ccccc5c4c3c21. The van der Waals surface area contributed by atoms with E-state index in [9.17, 15) is 0 Å². The summed E-state index contributed by atoms with van der Waals surface area (Å²) in [6.07, 6.45) is 4.11. The first-order valence-electron chi connectivity index (χ1n) is 17.6. The fraction of sp³-hybridized carbons (Fsp3) is 0.0417. The third-order valence-electron chi connectivity index (χ3n) is 10.7. The Bertz CT molecular complexity index is 3000. The van der Waals surface area contributed by atoms with Gasteiger partial charge in [0.2, 0.25) is 0 Å². The summed E-state index contributed by atoms with van der Waals surface area (Å²) in [6.45, 7) is 0. The van der Waals surface area contributed by atoms with Crippen molar-refractivity contribution in [3.05, 3.63) is 175 Å². The highest BCUT2D eigenvalue weighted by Crippen LogP contribution is 2.51. The largest absolute Gasteiger partial charge is 0.460 e. The standard InChI is InChI=1S/C48H31NO2/c1-4-14-30(15-5-1)43-44(31-16-6-2-7-17-31)48-46(45-36-21-11-13-23-41(36)50-47(43)45)38-29-33(25-27-42(38)51-48)32-24-26-40-37(28-32)35-20-10-12-22-39(35)49(40)34-18-8-3-9-19-34/h1-24,26,28-29H,25,27H2. The molecule has 0 fully saturated rings. The van der Waals surface area contributed by atoms with E-state index in [2.05, 4.69) is 168 Å². The fourth-order valence-corrected chi connectivity index (χ4v) is 8.46. The van der Waals surface area contributed by atoms with E-state index in [4.69, 9.17) is 8.83 Å². The van der Waals surface area contributed by atoms with Gasteiger partial charge in [-0.25, -0.2) is 0 Å². The highest BCUT2D eigenvalue weighted by atomic mass is 16.3. The minimum absolute atomic E-state index is 0.825. The molecule has 7 aromatic carbocycles. The van der Waals surface area contributed by atoms with Crippen molar-refractivity contribution >= 4 is 66.4 Å². The van der Waals surface area contributed by atoms with Crippen molar-refractivity contribution in [2.24, 2.45) is 0 Å². The summed E-state index contributed by atoms with van der Waals surface area (Å²) in [5, 5.41) is 5.87. The smallest absolute Gasteiger partial charge is 0.144 e. The summed E-state index contributed by atoms with van der Waals surface area (Å²) in [5.74, 6) is 1.03. The molecule has 1 aliphatic rings. The first-order chi connectivity index (χ1) is 25.3. The van der Waals surface area contributed by atoms with E-state index in [1.807, 2.05) is 0 Å². The fourth-order valence-electron chi connectivity index (χ4n) is 8.46. The molecule has 0 bridgehead atoms. The molecule has 0 atom stereocenters. The molecule has 240 valence electrons. The molecule has 1 aliphatic carbocycles. The maximum atomic E-state index is 7.04. The van der Waals surface area contributed by atoms with Crippen LogP contribution in [0, 0.1) is 0 Å². The summed E-state index contributed by atoms with van der Waals surface area (Å²) >= 11 is 0. The van der Waals surface area contributed by atoms with Crippen LogP contribution in [0.3, 0.4) is 0 Å². The van der Waals surface area contributed by atoms with Gasteiger partial charge in [0, 0.05) is 55.7 Å². The zero-order valence-corrected chi connectivity index (χ0v) is 27.8. The molecule has 0 radical (unpaired) electrons. The van der Waals surface area contributed by atoms with Gasteiger partial charge in [-0.15, -0.1) is 0 Å². The van der Waals surface area contributed by atoms with E-state index in [0.717, 1.165) is 79.3 Å². The Morgan fingerprint density at radius 3 is 1.80 bits per heavy atom. The maximum absolute atomic E-state index is 7.04. The van der Waals surface area contributed by atoms with Gasteiger partial charge in [-0.05, 0) is 71.2 Å². The van der Waals surface area contributed by atoms with Crippen LogP contribution >= 0.6 is 0 Å². The lowest BCUT2D eigenvalue weighted by Gasteiger charge is -2.14. The molecule has 10 aromatic rings. The number of rotatable bonds is 4. The van der Waals surface area contributed by atoms with Gasteiger partial charge in [0.15, 0.2) is 0 Å². The number of nitrogens with zero attached hydrogens (tertiary/aromatic N) is 1. The summed E-state index contributed by atoms with van der Waals surface area (Å²) < 4.78 is 16.3. The van der Waals surface area contributed by atoms with Crippen molar-refractivity contribution in [2.75, 3.05) is 0 Å². The molecule has 11 rings (SSSR count). The zero-order chi connectivity index (χ0) is 33.5. The molecule has 0 N–H and O–H groups in total. The second kappa shape index (κ2) is 11.0. The van der Waals surface area contributed by atoms with Gasteiger partial charge in [-0.1, -0.05) is 121 Å². The van der Waals surface area contributed by atoms with Gasteiger partial charge < -0.3 is 13.4 Å². The van der Waals surface area contributed by atoms with Gasteiger partial charge in [0.1, 0.15) is 22.5 Å². The van der Waals surface area contributed by atoms with Gasteiger partial charge in [-0.3, -0.25) is 0 Å². The first kappa shape index (κ1) is 28.3. The number of fused-ring (bicyclic) bond motifs is 10. The van der Waals surface area contributed by atoms with Crippen LogP contribution in [0.4, 0.5) is 0 Å². The highest BCUT2D eigenvalue weighted by Gasteiger charge is 2.29. The average molecular weight is 654 g/mol. The van der Waals surface area contributed by atoms with Crippen molar-refractivity contribution in [3.8, 4) is 27.9 Å². The Kier molecular flexibility index (Phi) is 6.08. The van der Waals surface area contributed by atoms with Gasteiger partial charge in [0.25, 0.3) is 0 Å². The van der Waals surface area contributed by atoms with Crippen LogP contribution in [-0.4, -0.2) is 4.57 Å². The molecule has 51 heavy (non-hydrogen) atoms. The molecule has 0 amide bonds. The van der Waals surface area contributed by atoms with Crippen LogP contribution in [0.5, 0.6) is 0 Å². The lowest BCUT2D eigenvalue weighted by atomic mass is 9.87. The Balaban J connectivity index is 1.20. The van der Waals surface area contributed by atoms with Crippen LogP contribution in [0.25, 0.3) is 94.3 Å². The number of benzene rings is 7. The van der Waals surface area contributed by atoms with E-state index in [0.29, 0.717) is 0 Å². The quantitative estimate of drug-likeness (QED) is 0.189. The molecule has 3 heterocycles. The van der Waals surface area contributed by atoms with E-state index in [-0.39, 0.29) is 0 Å². The van der Waals surface area contributed by atoms with Gasteiger partial charge in [0.05, 0.1) is 11.0 Å². The summed E-state index contributed by atoms with van der Waals surface area (Å²) in [4.78, 5) is 0. The van der Waals surface area contributed by atoms with E-state index in [1.54, 1.807) is 0 Å². The Labute approximate surface area is 294 Å². The Morgan fingerprint density at radius 1 is 0.451 bits per heavy atom. The molecule has 0 saturated carbocycles. The van der Waals surface area contributed by atoms with Crippen molar-refractivity contribution in [1.82, 2.24) is 4.57 Å². The second-order valence-electron chi connectivity index (χ2n) is 13.5. The normalized spacial score (nSPS) is 13.1. The van der Waals surface area contributed by atoms with Crippen molar-refractivity contribution in [2.45, 2.75) is 12.8 Å². The first-order valence-corrected chi connectivity index (χ1v) is 17.6. The predicted octanol–water partition coefficient (Wildman–Crippen LogP) is 13.3. The van der Waals surface area contributed by atoms with Gasteiger partial charge in [-0.2, -0.15) is 0 Å². The van der Waals surface area contributed by atoms with E-state index in [1.165, 1.54) is 38.6 Å². The van der Waals surface area contributed by atoms with Crippen LogP contribution in [-0.2, 0) is 6.42 Å². The van der Waals surface area contributed by atoms with Crippen molar-refractivity contribution in [3.63, 3.8) is 0 Å². The van der Waals surface area contributed by atoms with Crippen LogP contribution in [0.2, 0.25) is 0 Å². The number of aryl methyl sites for hydroxylation is 1. The van der Waals surface area contributed by atoms with Crippen LogP contribution in [0.1, 0.15) is 23.3 Å². The third kappa shape index (κ3) is 4.18. The van der Waals surface area contributed by atoms with Crippen molar-refractivity contribution < 1.29 is 8.83 Å². The minimum Gasteiger partial charge on any atom is -0.460 e. The molecular weight excluding hydrogens is 623 g/mol. The number of hydrogen-bond acceptors (Lipinski definition) is 2. The molecule has 3 heteroatoms. The van der Waals surface area contributed by atoms with Crippen LogP contribution < -0.4 is 0 Å². The molecule has 0 unspecified atom stereocenters. The number of para-hydroxylation sites is 3. The number of aromatic nitrogens is 1. The molecular formula is C48H31NO2. The predicted molar refractivity (Wildman–Crippen MR) is 211 cm³/mol. The Hall–Kier alpha value is -6.58. The number of allylic oxidation sites excluding steroid dienone is 1. The minimum atomic E-state index is 0.825. The number of furan rings is 2. The molecule has 3 aromatic heterocycles. The van der Waals surface area contributed by atoms with Gasteiger partial charge >= 0.3 is 0 Å². The summed E-state index contributed by atoms with van der Waals surface area (Å²) in [7, 11) is 0. The second-order valence-corrected chi connectivity index (χ2v) is 13.5. The average Bonchev–Trinajstić information content (AvgIpc) is 3.87.